The Kier molecular flexibility index (Phi) is 2.79. The third-order valence-corrected chi connectivity index (χ3v) is 3.24. The van der Waals surface area contributed by atoms with Crippen molar-refractivity contribution < 1.29 is 0 Å². The van der Waals surface area contributed by atoms with Crippen molar-refractivity contribution in [3.05, 3.63) is 16.7 Å². The van der Waals surface area contributed by atoms with Crippen LogP contribution in [0.1, 0.15) is 17.9 Å². The zero-order valence-corrected chi connectivity index (χ0v) is 9.43. The van der Waals surface area contributed by atoms with Crippen molar-refractivity contribution in [2.75, 3.05) is 13.6 Å². The molecule has 0 saturated carbocycles. The Labute approximate surface area is 89.5 Å². The molecule has 0 bridgehead atoms. The predicted molar refractivity (Wildman–Crippen MR) is 57.7 cm³/mol. The summed E-state index contributed by atoms with van der Waals surface area (Å²) in [6.45, 7) is 4.16. The van der Waals surface area contributed by atoms with E-state index in [0.717, 1.165) is 31.3 Å². The van der Waals surface area contributed by atoms with Crippen molar-refractivity contribution in [2.45, 2.75) is 26.3 Å². The van der Waals surface area contributed by atoms with Crippen LogP contribution in [0.4, 0.5) is 0 Å². The Morgan fingerprint density at radius 2 is 2.43 bits per heavy atom. The molecular formula is C10H16ClN3. The minimum atomic E-state index is 0.699. The van der Waals surface area contributed by atoms with Crippen molar-refractivity contribution in [1.82, 2.24) is 14.9 Å². The molecule has 1 N–H and O–H groups in total. The number of fused-ring (bicyclic) bond motifs is 1. The molecule has 1 unspecified atom stereocenters. The third kappa shape index (κ3) is 1.66. The van der Waals surface area contributed by atoms with E-state index in [-0.39, 0.29) is 0 Å². The molecule has 4 heteroatoms. The number of imidazole rings is 1. The summed E-state index contributed by atoms with van der Waals surface area (Å²) in [6, 6.07) is 0. The third-order valence-electron chi connectivity index (χ3n) is 2.94. The highest BCUT2D eigenvalue weighted by Gasteiger charge is 2.22. The van der Waals surface area contributed by atoms with Crippen LogP contribution in [0, 0.1) is 12.8 Å². The SMILES string of the molecule is CNCC1CCc2c(Cl)nc(C)n2C1. The highest BCUT2D eigenvalue weighted by atomic mass is 35.5. The fourth-order valence-electron chi connectivity index (χ4n) is 2.20. The lowest BCUT2D eigenvalue weighted by Crippen LogP contribution is -2.28. The molecular weight excluding hydrogens is 198 g/mol. The highest BCUT2D eigenvalue weighted by Crippen LogP contribution is 2.26. The van der Waals surface area contributed by atoms with E-state index in [1.165, 1.54) is 12.1 Å². The van der Waals surface area contributed by atoms with Crippen molar-refractivity contribution in [1.29, 1.82) is 0 Å². The summed E-state index contributed by atoms with van der Waals surface area (Å²) in [5.41, 5.74) is 1.22. The molecule has 3 nitrogen and oxygen atoms in total. The first kappa shape index (κ1) is 9.99. The normalized spacial score (nSPS) is 20.9. The van der Waals surface area contributed by atoms with Crippen LogP contribution in [-0.2, 0) is 13.0 Å². The van der Waals surface area contributed by atoms with Crippen molar-refractivity contribution in [3.63, 3.8) is 0 Å². The smallest absolute Gasteiger partial charge is 0.150 e. The van der Waals surface area contributed by atoms with Gasteiger partial charge in [-0.1, -0.05) is 11.6 Å². The number of nitrogens with zero attached hydrogens (tertiary/aromatic N) is 2. The topological polar surface area (TPSA) is 29.9 Å². The lowest BCUT2D eigenvalue weighted by atomic mass is 9.98. The molecule has 1 aliphatic rings. The number of hydrogen-bond acceptors (Lipinski definition) is 2. The molecule has 0 saturated heterocycles. The Morgan fingerprint density at radius 1 is 1.64 bits per heavy atom. The van der Waals surface area contributed by atoms with Gasteiger partial charge in [0.1, 0.15) is 5.82 Å². The number of hydrogen-bond donors (Lipinski definition) is 1. The second kappa shape index (κ2) is 3.91. The fraction of sp³-hybridized carbons (Fsp3) is 0.700. The Hall–Kier alpha value is -0.540. The minimum Gasteiger partial charge on any atom is -0.330 e. The summed E-state index contributed by atoms with van der Waals surface area (Å²) >= 11 is 6.04. The Balaban J connectivity index is 2.21. The van der Waals surface area contributed by atoms with Gasteiger partial charge in [0.25, 0.3) is 0 Å². The van der Waals surface area contributed by atoms with Gasteiger partial charge in [-0.25, -0.2) is 4.98 Å². The molecule has 0 aromatic carbocycles. The zero-order chi connectivity index (χ0) is 10.1. The highest BCUT2D eigenvalue weighted by molar-refractivity contribution is 6.30. The second-order valence-corrected chi connectivity index (χ2v) is 4.33. The van der Waals surface area contributed by atoms with Crippen LogP contribution in [0.15, 0.2) is 0 Å². The number of aromatic nitrogens is 2. The summed E-state index contributed by atoms with van der Waals surface area (Å²) in [5.74, 6) is 1.77. The molecule has 2 rings (SSSR count). The number of rotatable bonds is 2. The van der Waals surface area contributed by atoms with Crippen LogP contribution in [0.2, 0.25) is 5.15 Å². The lowest BCUT2D eigenvalue weighted by Gasteiger charge is -2.24. The molecule has 0 aliphatic carbocycles. The fourth-order valence-corrected chi connectivity index (χ4v) is 2.52. The van der Waals surface area contributed by atoms with Gasteiger partial charge in [0.15, 0.2) is 5.15 Å². The van der Waals surface area contributed by atoms with Gasteiger partial charge in [0.2, 0.25) is 0 Å². The first-order valence-electron chi connectivity index (χ1n) is 5.08. The minimum absolute atomic E-state index is 0.699. The molecule has 1 aliphatic heterocycles. The first-order valence-corrected chi connectivity index (χ1v) is 5.46. The summed E-state index contributed by atoms with van der Waals surface area (Å²) in [7, 11) is 2.00. The van der Waals surface area contributed by atoms with E-state index in [9.17, 15) is 0 Å². The van der Waals surface area contributed by atoms with E-state index in [2.05, 4.69) is 14.9 Å². The maximum Gasteiger partial charge on any atom is 0.150 e. The monoisotopic (exact) mass is 213 g/mol. The van der Waals surface area contributed by atoms with E-state index in [4.69, 9.17) is 11.6 Å². The molecule has 0 fully saturated rings. The van der Waals surface area contributed by atoms with Gasteiger partial charge >= 0.3 is 0 Å². The van der Waals surface area contributed by atoms with E-state index in [1.54, 1.807) is 0 Å². The molecule has 14 heavy (non-hydrogen) atoms. The van der Waals surface area contributed by atoms with Crippen LogP contribution >= 0.6 is 11.6 Å². The van der Waals surface area contributed by atoms with Crippen LogP contribution in [0.3, 0.4) is 0 Å². The predicted octanol–water partition coefficient (Wildman–Crippen LogP) is 1.63. The van der Waals surface area contributed by atoms with Gasteiger partial charge in [-0.2, -0.15) is 0 Å². The van der Waals surface area contributed by atoms with Crippen molar-refractivity contribution >= 4 is 11.6 Å². The maximum atomic E-state index is 6.04. The van der Waals surface area contributed by atoms with E-state index in [1.807, 2.05) is 14.0 Å². The largest absolute Gasteiger partial charge is 0.330 e. The lowest BCUT2D eigenvalue weighted by molar-refractivity contribution is 0.356. The zero-order valence-electron chi connectivity index (χ0n) is 8.68. The van der Waals surface area contributed by atoms with Crippen LogP contribution < -0.4 is 5.32 Å². The molecule has 0 radical (unpaired) electrons. The van der Waals surface area contributed by atoms with Crippen molar-refractivity contribution in [2.24, 2.45) is 5.92 Å². The van der Waals surface area contributed by atoms with Crippen LogP contribution in [0.25, 0.3) is 0 Å². The molecule has 1 aromatic rings. The summed E-state index contributed by atoms with van der Waals surface area (Å²) < 4.78 is 2.26. The van der Waals surface area contributed by atoms with Gasteiger partial charge in [-0.3, -0.25) is 0 Å². The summed E-state index contributed by atoms with van der Waals surface area (Å²) in [6.07, 6.45) is 2.28. The van der Waals surface area contributed by atoms with Gasteiger partial charge in [0, 0.05) is 6.54 Å². The van der Waals surface area contributed by atoms with Gasteiger partial charge in [0.05, 0.1) is 5.69 Å². The summed E-state index contributed by atoms with van der Waals surface area (Å²) in [4.78, 5) is 4.30. The van der Waals surface area contributed by atoms with Gasteiger partial charge < -0.3 is 9.88 Å². The summed E-state index contributed by atoms with van der Waals surface area (Å²) in [5, 5.41) is 3.93. The van der Waals surface area contributed by atoms with Crippen LogP contribution in [-0.4, -0.2) is 23.1 Å². The average Bonchev–Trinajstić information content (AvgIpc) is 2.43. The van der Waals surface area contributed by atoms with E-state index in [0.29, 0.717) is 5.15 Å². The van der Waals surface area contributed by atoms with Gasteiger partial charge in [-0.15, -0.1) is 0 Å². The van der Waals surface area contributed by atoms with Crippen molar-refractivity contribution in [3.8, 4) is 0 Å². The number of halogens is 1. The molecule has 2 heterocycles. The Bertz CT molecular complexity index is 332. The standard InChI is InChI=1S/C10H16ClN3/c1-7-13-10(11)9-4-3-8(5-12-2)6-14(7)9/h8,12H,3-6H2,1-2H3. The van der Waals surface area contributed by atoms with Crippen LogP contribution in [0.5, 0.6) is 0 Å². The second-order valence-electron chi connectivity index (χ2n) is 3.97. The number of nitrogens with one attached hydrogen (secondary N) is 1. The maximum absolute atomic E-state index is 6.04. The van der Waals surface area contributed by atoms with Gasteiger partial charge in [-0.05, 0) is 39.3 Å². The number of aryl methyl sites for hydroxylation is 1. The molecule has 1 aromatic heterocycles. The Morgan fingerprint density at radius 3 is 3.14 bits per heavy atom. The molecule has 78 valence electrons. The van der Waals surface area contributed by atoms with E-state index >= 15 is 0 Å². The molecule has 1 atom stereocenters. The first-order chi connectivity index (χ1) is 6.72. The van der Waals surface area contributed by atoms with E-state index < -0.39 is 0 Å². The average molecular weight is 214 g/mol. The quantitative estimate of drug-likeness (QED) is 0.810. The molecule has 0 amide bonds. The molecule has 0 spiro atoms.